The van der Waals surface area contributed by atoms with Crippen LogP contribution in [0.5, 0.6) is 0 Å². The zero-order valence-electron chi connectivity index (χ0n) is 7.74. The van der Waals surface area contributed by atoms with Crippen molar-refractivity contribution in [1.82, 2.24) is 10.1 Å². The number of benzene rings is 1. The van der Waals surface area contributed by atoms with E-state index in [1.165, 1.54) is 11.1 Å². The minimum absolute atomic E-state index is 0.467. The first kappa shape index (κ1) is 9.06. The van der Waals surface area contributed by atoms with E-state index in [9.17, 15) is 0 Å². The van der Waals surface area contributed by atoms with E-state index in [2.05, 4.69) is 26.1 Å². The van der Waals surface area contributed by atoms with Gasteiger partial charge in [-0.25, -0.2) is 0 Å². The van der Waals surface area contributed by atoms with Crippen molar-refractivity contribution in [3.63, 3.8) is 0 Å². The Hall–Kier alpha value is -1.20. The van der Waals surface area contributed by atoms with Crippen LogP contribution in [0.3, 0.4) is 0 Å². The smallest absolute Gasteiger partial charge is 0.258 e. The minimum Gasteiger partial charge on any atom is -0.372 e. The fraction of sp³-hybridized carbons (Fsp3) is 0.200. The van der Waals surface area contributed by atoms with Crippen LogP contribution in [0.25, 0.3) is 11.5 Å². The first-order valence-corrected chi connectivity index (χ1v) is 5.31. The van der Waals surface area contributed by atoms with E-state index in [1.54, 1.807) is 0 Å². The van der Waals surface area contributed by atoms with E-state index in [0.29, 0.717) is 23.8 Å². The molecule has 4 nitrogen and oxygen atoms in total. The van der Waals surface area contributed by atoms with Crippen LogP contribution < -0.4 is 0 Å². The van der Waals surface area contributed by atoms with E-state index in [-0.39, 0.29) is 0 Å². The maximum atomic E-state index is 5.34. The van der Waals surface area contributed by atoms with E-state index in [1.807, 2.05) is 18.2 Å². The van der Waals surface area contributed by atoms with Crippen molar-refractivity contribution in [1.29, 1.82) is 0 Å². The Morgan fingerprint density at radius 1 is 1.20 bits per heavy atom. The molecule has 0 fully saturated rings. The van der Waals surface area contributed by atoms with Crippen LogP contribution in [-0.4, -0.2) is 10.1 Å². The van der Waals surface area contributed by atoms with Crippen molar-refractivity contribution in [2.24, 2.45) is 0 Å². The van der Waals surface area contributed by atoms with E-state index >= 15 is 0 Å². The van der Waals surface area contributed by atoms with Crippen molar-refractivity contribution in [3.8, 4) is 11.5 Å². The molecule has 1 aromatic heterocycles. The lowest BCUT2D eigenvalue weighted by Gasteiger charge is -1.98. The summed E-state index contributed by atoms with van der Waals surface area (Å²) in [6, 6.07) is 6.03. The fourth-order valence-corrected chi connectivity index (χ4v) is 1.86. The van der Waals surface area contributed by atoms with Crippen molar-refractivity contribution < 1.29 is 9.26 Å². The molecular formula is C10H7BrN2O2. The van der Waals surface area contributed by atoms with Gasteiger partial charge in [0, 0.05) is 5.56 Å². The van der Waals surface area contributed by atoms with Crippen LogP contribution in [0, 0.1) is 0 Å². The molecule has 0 N–H and O–H groups in total. The first-order valence-electron chi connectivity index (χ1n) is 4.52. The predicted octanol–water partition coefficient (Wildman–Crippen LogP) is 2.53. The average molecular weight is 267 g/mol. The number of hydrogen-bond acceptors (Lipinski definition) is 4. The van der Waals surface area contributed by atoms with Crippen molar-refractivity contribution in [2.75, 3.05) is 0 Å². The molecule has 3 rings (SSSR count). The van der Waals surface area contributed by atoms with Crippen molar-refractivity contribution in [3.05, 3.63) is 34.1 Å². The summed E-state index contributed by atoms with van der Waals surface area (Å²) in [5.41, 5.74) is 3.36. The molecule has 15 heavy (non-hydrogen) atoms. The lowest BCUT2D eigenvalue weighted by molar-refractivity contribution is 0.134. The molecule has 5 heteroatoms. The predicted molar refractivity (Wildman–Crippen MR) is 55.9 cm³/mol. The van der Waals surface area contributed by atoms with Crippen LogP contribution in [0.1, 0.15) is 11.1 Å². The lowest BCUT2D eigenvalue weighted by atomic mass is 10.1. The van der Waals surface area contributed by atoms with Gasteiger partial charge in [0.05, 0.1) is 13.2 Å². The Morgan fingerprint density at radius 2 is 2.07 bits per heavy atom. The molecule has 0 saturated carbocycles. The van der Waals surface area contributed by atoms with E-state index in [4.69, 9.17) is 9.26 Å². The number of nitrogens with zero attached hydrogens (tertiary/aromatic N) is 2. The Morgan fingerprint density at radius 3 is 2.87 bits per heavy atom. The van der Waals surface area contributed by atoms with Gasteiger partial charge < -0.3 is 9.26 Å². The summed E-state index contributed by atoms with van der Waals surface area (Å²) in [6.45, 7) is 1.36. The Bertz CT molecular complexity index is 510. The molecule has 0 amide bonds. The molecule has 2 aromatic rings. The van der Waals surface area contributed by atoms with Gasteiger partial charge in [-0.2, -0.15) is 4.98 Å². The van der Waals surface area contributed by atoms with Crippen LogP contribution in [0.4, 0.5) is 0 Å². The van der Waals surface area contributed by atoms with Gasteiger partial charge in [0.25, 0.3) is 5.89 Å². The number of fused-ring (bicyclic) bond motifs is 1. The normalized spacial score (nSPS) is 14.2. The first-order chi connectivity index (χ1) is 7.33. The summed E-state index contributed by atoms with van der Waals surface area (Å²) in [5.74, 6) is 0.525. The quantitative estimate of drug-likeness (QED) is 0.796. The third-order valence-electron chi connectivity index (χ3n) is 2.37. The van der Waals surface area contributed by atoms with Gasteiger partial charge >= 0.3 is 0 Å². The van der Waals surface area contributed by atoms with Crippen LogP contribution in [0.2, 0.25) is 0 Å². The molecule has 0 spiro atoms. The summed E-state index contributed by atoms with van der Waals surface area (Å²) in [4.78, 5) is 4.10. The molecule has 0 saturated heterocycles. The minimum atomic E-state index is 0.467. The number of hydrogen-bond donors (Lipinski definition) is 0. The summed E-state index contributed by atoms with van der Waals surface area (Å²) < 4.78 is 10.9. The van der Waals surface area contributed by atoms with Gasteiger partial charge in [0.1, 0.15) is 0 Å². The molecule has 1 aliphatic rings. The molecule has 0 radical (unpaired) electrons. The highest BCUT2D eigenvalue weighted by Gasteiger charge is 2.14. The Labute approximate surface area is 94.4 Å². The fourth-order valence-electron chi connectivity index (χ4n) is 1.63. The molecule has 0 bridgehead atoms. The molecular weight excluding hydrogens is 260 g/mol. The second kappa shape index (κ2) is 3.43. The standard InChI is InChI=1S/C10H7BrN2O2/c11-10-12-9(15-13-10)6-1-2-7-4-14-5-8(7)3-6/h1-3H,4-5H2. The number of aromatic nitrogens is 2. The molecule has 0 atom stereocenters. The maximum absolute atomic E-state index is 5.34. The zero-order chi connectivity index (χ0) is 10.3. The largest absolute Gasteiger partial charge is 0.372 e. The van der Waals surface area contributed by atoms with Crippen molar-refractivity contribution >= 4 is 15.9 Å². The second-order valence-corrected chi connectivity index (χ2v) is 4.05. The van der Waals surface area contributed by atoms with Crippen molar-refractivity contribution in [2.45, 2.75) is 13.2 Å². The topological polar surface area (TPSA) is 48.2 Å². The highest BCUT2D eigenvalue weighted by atomic mass is 79.9. The maximum Gasteiger partial charge on any atom is 0.258 e. The summed E-state index contributed by atoms with van der Waals surface area (Å²) in [5, 5.41) is 3.69. The third kappa shape index (κ3) is 1.57. The van der Waals surface area contributed by atoms with Crippen LogP contribution in [0.15, 0.2) is 27.5 Å². The molecule has 1 aromatic carbocycles. The lowest BCUT2D eigenvalue weighted by Crippen LogP contribution is -1.84. The highest BCUT2D eigenvalue weighted by Crippen LogP contribution is 2.26. The van der Waals surface area contributed by atoms with E-state index in [0.717, 1.165) is 5.56 Å². The van der Waals surface area contributed by atoms with E-state index < -0.39 is 0 Å². The average Bonchev–Trinajstić information content (AvgIpc) is 2.84. The van der Waals surface area contributed by atoms with Crippen LogP contribution >= 0.6 is 15.9 Å². The van der Waals surface area contributed by atoms with Gasteiger partial charge in [-0.1, -0.05) is 6.07 Å². The SMILES string of the molecule is Brc1noc(-c2ccc3c(c2)COC3)n1. The summed E-state index contributed by atoms with van der Waals surface area (Å²) in [6.07, 6.45) is 0. The second-order valence-electron chi connectivity index (χ2n) is 3.34. The molecule has 76 valence electrons. The molecule has 1 aliphatic heterocycles. The number of halogens is 1. The monoisotopic (exact) mass is 266 g/mol. The highest BCUT2D eigenvalue weighted by molar-refractivity contribution is 9.10. The van der Waals surface area contributed by atoms with Crippen LogP contribution in [-0.2, 0) is 18.0 Å². The number of rotatable bonds is 1. The summed E-state index contributed by atoms with van der Waals surface area (Å²) >= 11 is 3.15. The zero-order valence-corrected chi connectivity index (χ0v) is 9.32. The Balaban J connectivity index is 2.06. The summed E-state index contributed by atoms with van der Waals surface area (Å²) in [7, 11) is 0. The van der Waals surface area contributed by atoms with Gasteiger partial charge in [0.15, 0.2) is 0 Å². The van der Waals surface area contributed by atoms with Gasteiger partial charge in [-0.3, -0.25) is 0 Å². The number of ether oxygens (including phenoxy) is 1. The third-order valence-corrected chi connectivity index (χ3v) is 2.69. The molecule has 2 heterocycles. The molecule has 0 unspecified atom stereocenters. The van der Waals surface area contributed by atoms with Gasteiger partial charge in [-0.05, 0) is 44.3 Å². The molecule has 0 aliphatic carbocycles. The Kier molecular flexibility index (Phi) is 2.07. The van der Waals surface area contributed by atoms with Gasteiger partial charge in [-0.15, -0.1) is 0 Å². The van der Waals surface area contributed by atoms with Gasteiger partial charge in [0.2, 0.25) is 4.73 Å².